The molecule has 2 amide bonds. The van der Waals surface area contributed by atoms with Crippen molar-refractivity contribution in [3.05, 3.63) is 12.3 Å². The van der Waals surface area contributed by atoms with E-state index < -0.39 is 0 Å². The van der Waals surface area contributed by atoms with E-state index in [0.717, 1.165) is 6.42 Å². The molecule has 8 nitrogen and oxygen atoms in total. The number of hydrogen-bond acceptors (Lipinski definition) is 5. The number of carbonyl (C=O) groups is 1. The van der Waals surface area contributed by atoms with Crippen molar-refractivity contribution in [1.82, 2.24) is 14.7 Å². The van der Waals surface area contributed by atoms with Crippen molar-refractivity contribution in [2.24, 2.45) is 0 Å². The molecular formula is C14H23N5O3. The Labute approximate surface area is 130 Å². The van der Waals surface area contributed by atoms with Crippen LogP contribution in [-0.4, -0.2) is 61.2 Å². The fraction of sp³-hybridized carbons (Fsp3) is 0.643. The molecule has 1 aromatic heterocycles. The Morgan fingerprint density at radius 1 is 1.41 bits per heavy atom. The summed E-state index contributed by atoms with van der Waals surface area (Å²) < 4.78 is 11.7. The van der Waals surface area contributed by atoms with Crippen molar-refractivity contribution in [1.29, 1.82) is 5.26 Å². The van der Waals surface area contributed by atoms with Crippen LogP contribution in [0, 0.1) is 11.3 Å². The molecule has 0 aromatic carbocycles. The van der Waals surface area contributed by atoms with Crippen LogP contribution in [-0.2, 0) is 16.0 Å². The van der Waals surface area contributed by atoms with Crippen molar-refractivity contribution in [3.8, 4) is 6.07 Å². The number of urea groups is 1. The van der Waals surface area contributed by atoms with Crippen LogP contribution in [0.3, 0.4) is 0 Å². The van der Waals surface area contributed by atoms with Crippen LogP contribution in [0.15, 0.2) is 12.3 Å². The molecule has 0 bridgehead atoms. The number of aromatic nitrogens is 2. The Morgan fingerprint density at radius 3 is 2.86 bits per heavy atom. The van der Waals surface area contributed by atoms with Gasteiger partial charge in [0.2, 0.25) is 0 Å². The second-order valence-electron chi connectivity index (χ2n) is 4.63. The molecule has 122 valence electrons. The van der Waals surface area contributed by atoms with Crippen LogP contribution in [0.2, 0.25) is 0 Å². The second-order valence-corrected chi connectivity index (χ2v) is 4.63. The number of nitrogens with one attached hydrogen (secondary N) is 1. The molecule has 1 heterocycles. The van der Waals surface area contributed by atoms with Crippen LogP contribution in [0.4, 0.5) is 10.6 Å². The molecule has 0 fully saturated rings. The fourth-order valence-electron chi connectivity index (χ4n) is 1.82. The van der Waals surface area contributed by atoms with Crippen molar-refractivity contribution >= 4 is 11.8 Å². The summed E-state index contributed by atoms with van der Waals surface area (Å²) in [7, 11) is 3.23. The molecule has 1 rings (SSSR count). The highest BCUT2D eigenvalue weighted by Gasteiger charge is 2.14. The van der Waals surface area contributed by atoms with Gasteiger partial charge in [-0.3, -0.25) is 10.00 Å². The predicted octanol–water partition coefficient (Wildman–Crippen LogP) is 1.31. The number of nitrogens with zero attached hydrogens (tertiary/aromatic N) is 4. The number of rotatable bonds is 10. The summed E-state index contributed by atoms with van der Waals surface area (Å²) in [4.78, 5) is 13.9. The van der Waals surface area contributed by atoms with E-state index in [4.69, 9.17) is 14.7 Å². The first kappa shape index (κ1) is 17.9. The topological polar surface area (TPSA) is 92.4 Å². The number of aryl methyl sites for hydroxylation is 1. The second kappa shape index (κ2) is 10.6. The summed E-state index contributed by atoms with van der Waals surface area (Å²) in [5.74, 6) is 0.470. The lowest BCUT2D eigenvalue weighted by Gasteiger charge is -2.22. The van der Waals surface area contributed by atoms with E-state index in [1.807, 2.05) is 0 Å². The molecule has 8 heteroatoms. The van der Waals surface area contributed by atoms with Crippen molar-refractivity contribution in [2.75, 3.05) is 45.8 Å². The van der Waals surface area contributed by atoms with Crippen molar-refractivity contribution in [3.63, 3.8) is 0 Å². The van der Waals surface area contributed by atoms with E-state index in [2.05, 4.69) is 16.5 Å². The standard InChI is InChI=1S/C14H23N5O3/c1-21-11-4-7-18(10-12-22-2)14(20)16-13-5-9-19(17-13)8-3-6-15/h5,9H,3-4,7-8,10-12H2,1-2H3,(H,16,17,20). The predicted molar refractivity (Wildman–Crippen MR) is 81.4 cm³/mol. The lowest BCUT2D eigenvalue weighted by atomic mass is 10.4. The van der Waals surface area contributed by atoms with E-state index in [1.165, 1.54) is 0 Å². The van der Waals surface area contributed by atoms with Gasteiger partial charge in [0.25, 0.3) is 0 Å². The number of anilines is 1. The molecule has 1 N–H and O–H groups in total. The largest absolute Gasteiger partial charge is 0.385 e. The molecule has 0 aliphatic carbocycles. The third kappa shape index (κ3) is 6.56. The van der Waals surface area contributed by atoms with Gasteiger partial charge in [-0.25, -0.2) is 4.79 Å². The summed E-state index contributed by atoms with van der Waals surface area (Å²) in [5, 5.41) is 15.5. The van der Waals surface area contributed by atoms with E-state index in [1.54, 1.807) is 36.1 Å². The van der Waals surface area contributed by atoms with Crippen molar-refractivity contribution < 1.29 is 14.3 Å². The lowest BCUT2D eigenvalue weighted by Crippen LogP contribution is -2.38. The summed E-state index contributed by atoms with van der Waals surface area (Å²) >= 11 is 0. The Morgan fingerprint density at radius 2 is 2.18 bits per heavy atom. The van der Waals surface area contributed by atoms with Crippen LogP contribution in [0.1, 0.15) is 12.8 Å². The Kier molecular flexibility index (Phi) is 8.64. The first-order valence-corrected chi connectivity index (χ1v) is 7.15. The van der Waals surface area contributed by atoms with Gasteiger partial charge in [-0.05, 0) is 6.42 Å². The molecule has 0 atom stereocenters. The number of nitriles is 1. The first-order chi connectivity index (χ1) is 10.7. The highest BCUT2D eigenvalue weighted by Crippen LogP contribution is 2.05. The van der Waals surface area contributed by atoms with E-state index in [-0.39, 0.29) is 6.03 Å². The SMILES string of the molecule is COCCCN(CCOC)C(=O)Nc1ccn(CCC#N)n1. The third-order valence-corrected chi connectivity index (χ3v) is 2.96. The minimum absolute atomic E-state index is 0.223. The van der Waals surface area contributed by atoms with Gasteiger partial charge in [0, 0.05) is 46.2 Å². The highest BCUT2D eigenvalue weighted by molar-refractivity contribution is 5.88. The van der Waals surface area contributed by atoms with Gasteiger partial charge in [-0.15, -0.1) is 0 Å². The van der Waals surface area contributed by atoms with Crippen LogP contribution >= 0.6 is 0 Å². The van der Waals surface area contributed by atoms with E-state index >= 15 is 0 Å². The average molecular weight is 309 g/mol. The number of amides is 2. The summed E-state index contributed by atoms with van der Waals surface area (Å²) in [6.45, 7) is 2.66. The van der Waals surface area contributed by atoms with Crippen LogP contribution < -0.4 is 5.32 Å². The number of methoxy groups -OCH3 is 2. The van der Waals surface area contributed by atoms with Gasteiger partial charge in [0.1, 0.15) is 0 Å². The van der Waals surface area contributed by atoms with E-state index in [0.29, 0.717) is 45.1 Å². The van der Waals surface area contributed by atoms with Gasteiger partial charge in [-0.1, -0.05) is 0 Å². The molecule has 22 heavy (non-hydrogen) atoms. The van der Waals surface area contributed by atoms with Gasteiger partial charge >= 0.3 is 6.03 Å². The zero-order valence-corrected chi connectivity index (χ0v) is 13.1. The molecule has 0 saturated heterocycles. The molecule has 0 aliphatic rings. The van der Waals surface area contributed by atoms with Gasteiger partial charge in [0.05, 0.1) is 25.6 Å². The van der Waals surface area contributed by atoms with E-state index in [9.17, 15) is 4.79 Å². The zero-order chi connectivity index (χ0) is 16.2. The first-order valence-electron chi connectivity index (χ1n) is 7.15. The summed E-state index contributed by atoms with van der Waals surface area (Å²) in [6.07, 6.45) is 2.87. The van der Waals surface area contributed by atoms with Crippen LogP contribution in [0.25, 0.3) is 0 Å². The molecule has 0 radical (unpaired) electrons. The van der Waals surface area contributed by atoms with Crippen molar-refractivity contribution in [2.45, 2.75) is 19.4 Å². The number of carbonyl (C=O) groups excluding carboxylic acids is 1. The monoisotopic (exact) mass is 309 g/mol. The molecule has 0 unspecified atom stereocenters. The Hall–Kier alpha value is -2.11. The average Bonchev–Trinajstić information content (AvgIpc) is 2.96. The molecule has 0 saturated carbocycles. The fourth-order valence-corrected chi connectivity index (χ4v) is 1.82. The molecule has 1 aromatic rings. The Bertz CT molecular complexity index is 483. The minimum atomic E-state index is -0.223. The normalized spacial score (nSPS) is 10.2. The number of hydrogen-bond donors (Lipinski definition) is 1. The minimum Gasteiger partial charge on any atom is -0.385 e. The maximum absolute atomic E-state index is 12.3. The number of ether oxygens (including phenoxy) is 2. The van der Waals surface area contributed by atoms with Gasteiger partial charge < -0.3 is 14.4 Å². The highest BCUT2D eigenvalue weighted by atomic mass is 16.5. The summed E-state index contributed by atoms with van der Waals surface area (Å²) in [6, 6.07) is 3.54. The Balaban J connectivity index is 2.53. The quantitative estimate of drug-likeness (QED) is 0.658. The third-order valence-electron chi connectivity index (χ3n) is 2.96. The van der Waals surface area contributed by atoms with Gasteiger partial charge in [0.15, 0.2) is 5.82 Å². The summed E-state index contributed by atoms with van der Waals surface area (Å²) in [5.41, 5.74) is 0. The smallest absolute Gasteiger partial charge is 0.323 e. The van der Waals surface area contributed by atoms with Crippen LogP contribution in [0.5, 0.6) is 0 Å². The molecule has 0 aliphatic heterocycles. The maximum atomic E-state index is 12.3. The molecule has 0 spiro atoms. The zero-order valence-electron chi connectivity index (χ0n) is 13.1. The molecular weight excluding hydrogens is 286 g/mol. The maximum Gasteiger partial charge on any atom is 0.323 e. The lowest BCUT2D eigenvalue weighted by molar-refractivity contribution is 0.143. The van der Waals surface area contributed by atoms with Gasteiger partial charge in [-0.2, -0.15) is 10.4 Å².